The number of likely N-dealkylation sites (tertiary alicyclic amines) is 1. The molecular formula is C20H23N3O3. The number of carbonyl (C=O) groups excluding carboxylic acids is 1. The lowest BCUT2D eigenvalue weighted by atomic mass is 9.77. The lowest BCUT2D eigenvalue weighted by Gasteiger charge is -2.40. The minimum atomic E-state index is -0.0332. The number of hydrogen-bond donors (Lipinski definition) is 0. The number of benzene rings is 1. The topological polar surface area (TPSA) is 64.6 Å². The smallest absolute Gasteiger partial charge is 0.274 e. The normalized spacial score (nSPS) is 21.7. The second-order valence-electron chi connectivity index (χ2n) is 7.55. The van der Waals surface area contributed by atoms with E-state index >= 15 is 0 Å². The third kappa shape index (κ3) is 3.36. The number of aromatic nitrogens is 2. The van der Waals surface area contributed by atoms with Crippen LogP contribution >= 0.6 is 0 Å². The number of ether oxygens (including phenoxy) is 2. The van der Waals surface area contributed by atoms with E-state index in [1.165, 1.54) is 5.56 Å². The molecule has 1 fully saturated rings. The number of amides is 1. The largest absolute Gasteiger partial charge is 0.454 e. The molecule has 26 heavy (non-hydrogen) atoms. The first-order valence-electron chi connectivity index (χ1n) is 8.99. The second kappa shape index (κ2) is 6.59. The van der Waals surface area contributed by atoms with Crippen LogP contribution in [0.3, 0.4) is 0 Å². The molecule has 4 rings (SSSR count). The molecule has 1 amide bonds. The Balaban J connectivity index is 1.48. The van der Waals surface area contributed by atoms with Gasteiger partial charge in [-0.3, -0.25) is 9.78 Å². The van der Waals surface area contributed by atoms with Crippen LogP contribution in [0.25, 0.3) is 0 Å². The fraction of sp³-hybridized carbons (Fsp3) is 0.450. The molecule has 2 aliphatic rings. The third-order valence-corrected chi connectivity index (χ3v) is 5.14. The maximum absolute atomic E-state index is 12.8. The molecule has 0 aliphatic carbocycles. The summed E-state index contributed by atoms with van der Waals surface area (Å²) in [5, 5.41) is 0. The Kier molecular flexibility index (Phi) is 4.26. The summed E-state index contributed by atoms with van der Waals surface area (Å²) in [5.41, 5.74) is 2.47. The molecule has 6 nitrogen and oxygen atoms in total. The van der Waals surface area contributed by atoms with Gasteiger partial charge in [0.15, 0.2) is 11.5 Å². The van der Waals surface area contributed by atoms with E-state index < -0.39 is 0 Å². The number of hydrogen-bond acceptors (Lipinski definition) is 5. The molecule has 136 valence electrons. The third-order valence-electron chi connectivity index (χ3n) is 5.14. The molecular weight excluding hydrogens is 330 g/mol. The Morgan fingerprint density at radius 3 is 2.88 bits per heavy atom. The van der Waals surface area contributed by atoms with Crippen molar-refractivity contribution in [3.8, 4) is 11.5 Å². The first-order chi connectivity index (χ1) is 12.5. The van der Waals surface area contributed by atoms with Gasteiger partial charge in [0.1, 0.15) is 5.69 Å². The van der Waals surface area contributed by atoms with Crippen LogP contribution < -0.4 is 9.47 Å². The zero-order chi connectivity index (χ0) is 18.1. The number of aryl methyl sites for hydroxylation is 1. The molecule has 1 aromatic heterocycles. The van der Waals surface area contributed by atoms with Crippen molar-refractivity contribution in [2.45, 2.75) is 33.1 Å². The molecule has 0 saturated carbocycles. The summed E-state index contributed by atoms with van der Waals surface area (Å²) in [7, 11) is 0. The zero-order valence-corrected chi connectivity index (χ0v) is 15.2. The lowest BCUT2D eigenvalue weighted by Crippen LogP contribution is -2.46. The van der Waals surface area contributed by atoms with Crippen LogP contribution in [0.2, 0.25) is 0 Å². The SMILES string of the molecule is Cc1cnc(C(=O)N2CCC[C@](C)(Cc3ccc4c(c3)OCO4)C2)cn1. The van der Waals surface area contributed by atoms with Crippen LogP contribution in [0, 0.1) is 12.3 Å². The fourth-order valence-electron chi connectivity index (χ4n) is 3.84. The minimum absolute atomic E-state index is 0.0275. The van der Waals surface area contributed by atoms with Gasteiger partial charge in [0, 0.05) is 19.3 Å². The second-order valence-corrected chi connectivity index (χ2v) is 7.55. The van der Waals surface area contributed by atoms with Gasteiger partial charge in [-0.1, -0.05) is 13.0 Å². The van der Waals surface area contributed by atoms with E-state index in [1.807, 2.05) is 17.9 Å². The Morgan fingerprint density at radius 1 is 1.23 bits per heavy atom. The first kappa shape index (κ1) is 16.8. The van der Waals surface area contributed by atoms with Crippen LogP contribution in [0.5, 0.6) is 11.5 Å². The fourth-order valence-corrected chi connectivity index (χ4v) is 3.84. The Hall–Kier alpha value is -2.63. The van der Waals surface area contributed by atoms with E-state index in [9.17, 15) is 4.79 Å². The Bertz CT molecular complexity index is 822. The summed E-state index contributed by atoms with van der Waals surface area (Å²) in [5.74, 6) is 1.58. The summed E-state index contributed by atoms with van der Waals surface area (Å²) < 4.78 is 10.9. The van der Waals surface area contributed by atoms with Crippen LogP contribution in [-0.4, -0.2) is 40.7 Å². The van der Waals surface area contributed by atoms with E-state index in [4.69, 9.17) is 9.47 Å². The van der Waals surface area contributed by atoms with Crippen LogP contribution in [0.4, 0.5) is 0 Å². The summed E-state index contributed by atoms with van der Waals surface area (Å²) in [6.07, 6.45) is 6.19. The molecule has 1 aromatic carbocycles. The van der Waals surface area contributed by atoms with Crippen molar-refractivity contribution >= 4 is 5.91 Å². The van der Waals surface area contributed by atoms with Crippen molar-refractivity contribution in [3.63, 3.8) is 0 Å². The van der Waals surface area contributed by atoms with Crippen molar-refractivity contribution in [1.82, 2.24) is 14.9 Å². The molecule has 0 N–H and O–H groups in total. The molecule has 2 aliphatic heterocycles. The number of fused-ring (bicyclic) bond motifs is 1. The number of nitrogens with zero attached hydrogens (tertiary/aromatic N) is 3. The van der Waals surface area contributed by atoms with E-state index in [0.717, 1.165) is 49.5 Å². The predicted octanol–water partition coefficient (Wildman–Crippen LogP) is 3.00. The zero-order valence-electron chi connectivity index (χ0n) is 15.2. The highest BCUT2D eigenvalue weighted by Crippen LogP contribution is 2.37. The van der Waals surface area contributed by atoms with Crippen molar-refractivity contribution in [1.29, 1.82) is 0 Å². The van der Waals surface area contributed by atoms with Crippen molar-refractivity contribution in [3.05, 3.63) is 47.5 Å². The van der Waals surface area contributed by atoms with Gasteiger partial charge in [0.05, 0.1) is 11.9 Å². The highest BCUT2D eigenvalue weighted by Gasteiger charge is 2.34. The van der Waals surface area contributed by atoms with E-state index in [2.05, 4.69) is 29.0 Å². The summed E-state index contributed by atoms with van der Waals surface area (Å²) in [6.45, 7) is 5.89. The summed E-state index contributed by atoms with van der Waals surface area (Å²) in [6, 6.07) is 6.11. The minimum Gasteiger partial charge on any atom is -0.454 e. The first-order valence-corrected chi connectivity index (χ1v) is 8.99. The highest BCUT2D eigenvalue weighted by molar-refractivity contribution is 5.92. The molecule has 1 atom stereocenters. The van der Waals surface area contributed by atoms with Crippen LogP contribution in [0.15, 0.2) is 30.6 Å². The molecule has 2 aromatic rings. The number of piperidine rings is 1. The van der Waals surface area contributed by atoms with Gasteiger partial charge in [-0.25, -0.2) is 4.98 Å². The quantitative estimate of drug-likeness (QED) is 0.849. The predicted molar refractivity (Wildman–Crippen MR) is 96.3 cm³/mol. The van der Waals surface area contributed by atoms with Crippen LogP contribution in [0.1, 0.15) is 41.5 Å². The standard InChI is InChI=1S/C20H23N3O3/c1-14-10-22-16(11-21-14)19(24)23-7-3-6-20(2,12-23)9-15-4-5-17-18(8-15)26-13-25-17/h4-5,8,10-11H,3,6-7,9,12-13H2,1-2H3/t20-/m1/s1. The van der Waals surface area contributed by atoms with Gasteiger partial charge in [0.2, 0.25) is 6.79 Å². The lowest BCUT2D eigenvalue weighted by molar-refractivity contribution is 0.0544. The molecule has 0 bridgehead atoms. The monoisotopic (exact) mass is 353 g/mol. The van der Waals surface area contributed by atoms with Gasteiger partial charge >= 0.3 is 0 Å². The molecule has 0 radical (unpaired) electrons. The van der Waals surface area contributed by atoms with Crippen molar-refractivity contribution in [2.75, 3.05) is 19.9 Å². The van der Waals surface area contributed by atoms with Gasteiger partial charge < -0.3 is 14.4 Å². The van der Waals surface area contributed by atoms with E-state index in [1.54, 1.807) is 12.4 Å². The van der Waals surface area contributed by atoms with Gasteiger partial charge in [-0.2, -0.15) is 0 Å². The molecule has 6 heteroatoms. The number of rotatable bonds is 3. The molecule has 3 heterocycles. The van der Waals surface area contributed by atoms with Crippen LogP contribution in [-0.2, 0) is 6.42 Å². The van der Waals surface area contributed by atoms with Crippen molar-refractivity contribution < 1.29 is 14.3 Å². The van der Waals surface area contributed by atoms with E-state index in [-0.39, 0.29) is 18.1 Å². The van der Waals surface area contributed by atoms with E-state index in [0.29, 0.717) is 5.69 Å². The Morgan fingerprint density at radius 2 is 2.08 bits per heavy atom. The van der Waals surface area contributed by atoms with Gasteiger partial charge in [-0.15, -0.1) is 0 Å². The molecule has 0 spiro atoms. The summed E-state index contributed by atoms with van der Waals surface area (Å²) in [4.78, 5) is 23.1. The maximum atomic E-state index is 12.8. The maximum Gasteiger partial charge on any atom is 0.274 e. The average Bonchev–Trinajstić information content (AvgIpc) is 3.09. The summed E-state index contributed by atoms with van der Waals surface area (Å²) >= 11 is 0. The van der Waals surface area contributed by atoms with Gasteiger partial charge in [-0.05, 0) is 49.3 Å². The average molecular weight is 353 g/mol. The highest BCUT2D eigenvalue weighted by atomic mass is 16.7. The van der Waals surface area contributed by atoms with Gasteiger partial charge in [0.25, 0.3) is 5.91 Å². The molecule has 0 unspecified atom stereocenters. The number of carbonyl (C=O) groups is 1. The molecule has 1 saturated heterocycles. The van der Waals surface area contributed by atoms with Crippen molar-refractivity contribution in [2.24, 2.45) is 5.41 Å². The Labute approximate surface area is 153 Å².